The summed E-state index contributed by atoms with van der Waals surface area (Å²) in [5.41, 5.74) is 7.77. The first-order valence-electron chi connectivity index (χ1n) is 7.29. The average Bonchev–Trinajstić information content (AvgIpc) is 3.05. The SMILES string of the molecule is Cc1nc2sc(C(=O)N[C@@H]3COc4ccccc4C3)c(N)c2s1. The predicted octanol–water partition coefficient (Wildman–Crippen LogP) is 2.98. The molecule has 0 bridgehead atoms. The van der Waals surface area contributed by atoms with Crippen LogP contribution in [0.15, 0.2) is 24.3 Å². The summed E-state index contributed by atoms with van der Waals surface area (Å²) in [7, 11) is 0. The second-order valence-electron chi connectivity index (χ2n) is 5.51. The first-order valence-corrected chi connectivity index (χ1v) is 8.92. The van der Waals surface area contributed by atoms with Gasteiger partial charge in [-0.05, 0) is 25.0 Å². The highest BCUT2D eigenvalue weighted by atomic mass is 32.1. The standard InChI is InChI=1S/C16H15N3O2S2/c1-8-18-16-14(22-8)12(17)13(23-16)15(20)19-10-6-9-4-2-3-5-11(9)21-7-10/h2-5,10H,6-7,17H2,1H3,(H,19,20)/t10-/m0/s1. The number of aryl methyl sites for hydroxylation is 1. The molecule has 0 saturated heterocycles. The Balaban J connectivity index is 1.53. The molecule has 0 radical (unpaired) electrons. The van der Waals surface area contributed by atoms with E-state index in [0.29, 0.717) is 17.2 Å². The van der Waals surface area contributed by atoms with Crippen molar-refractivity contribution in [3.8, 4) is 5.75 Å². The number of thiazole rings is 1. The molecule has 1 amide bonds. The number of benzene rings is 1. The van der Waals surface area contributed by atoms with Crippen LogP contribution in [-0.4, -0.2) is 23.5 Å². The van der Waals surface area contributed by atoms with Gasteiger partial charge >= 0.3 is 0 Å². The Morgan fingerprint density at radius 2 is 2.22 bits per heavy atom. The van der Waals surface area contributed by atoms with Gasteiger partial charge < -0.3 is 15.8 Å². The summed E-state index contributed by atoms with van der Waals surface area (Å²) >= 11 is 2.87. The van der Waals surface area contributed by atoms with E-state index in [0.717, 1.165) is 32.3 Å². The van der Waals surface area contributed by atoms with E-state index in [1.165, 1.54) is 22.7 Å². The smallest absolute Gasteiger partial charge is 0.263 e. The maximum Gasteiger partial charge on any atom is 0.263 e. The van der Waals surface area contributed by atoms with Crippen molar-refractivity contribution < 1.29 is 9.53 Å². The maximum absolute atomic E-state index is 12.5. The fourth-order valence-corrected chi connectivity index (χ4v) is 4.83. The Morgan fingerprint density at radius 3 is 3.04 bits per heavy atom. The van der Waals surface area contributed by atoms with Gasteiger partial charge in [-0.1, -0.05) is 18.2 Å². The number of thiophene rings is 1. The van der Waals surface area contributed by atoms with Crippen molar-refractivity contribution in [2.45, 2.75) is 19.4 Å². The zero-order valence-electron chi connectivity index (χ0n) is 12.5. The Hall–Kier alpha value is -2.12. The molecule has 2 aromatic heterocycles. The van der Waals surface area contributed by atoms with Crippen molar-refractivity contribution in [1.29, 1.82) is 0 Å². The summed E-state index contributed by atoms with van der Waals surface area (Å²) < 4.78 is 6.62. The van der Waals surface area contributed by atoms with Crippen molar-refractivity contribution >= 4 is 43.8 Å². The Bertz CT molecular complexity index is 900. The monoisotopic (exact) mass is 345 g/mol. The van der Waals surface area contributed by atoms with Crippen LogP contribution in [0.1, 0.15) is 20.2 Å². The highest BCUT2D eigenvalue weighted by Crippen LogP contribution is 2.37. The van der Waals surface area contributed by atoms with Gasteiger partial charge in [-0.2, -0.15) is 0 Å². The highest BCUT2D eigenvalue weighted by Gasteiger charge is 2.24. The second-order valence-corrected chi connectivity index (χ2v) is 7.71. The minimum absolute atomic E-state index is 0.0494. The number of amides is 1. The molecular formula is C16H15N3O2S2. The van der Waals surface area contributed by atoms with Gasteiger partial charge in [-0.3, -0.25) is 4.79 Å². The molecule has 118 valence electrons. The molecule has 0 saturated carbocycles. The van der Waals surface area contributed by atoms with E-state index >= 15 is 0 Å². The first-order chi connectivity index (χ1) is 11.1. The van der Waals surface area contributed by atoms with Gasteiger partial charge in [0.05, 0.1) is 21.4 Å². The van der Waals surface area contributed by atoms with E-state index < -0.39 is 0 Å². The van der Waals surface area contributed by atoms with Crippen molar-refractivity contribution in [3.05, 3.63) is 39.7 Å². The molecule has 4 rings (SSSR count). The van der Waals surface area contributed by atoms with Gasteiger partial charge in [-0.25, -0.2) is 4.98 Å². The van der Waals surface area contributed by atoms with Crippen LogP contribution in [0.5, 0.6) is 5.75 Å². The topological polar surface area (TPSA) is 77.2 Å². The van der Waals surface area contributed by atoms with Gasteiger partial charge in [0.2, 0.25) is 0 Å². The summed E-state index contributed by atoms with van der Waals surface area (Å²) in [6, 6.07) is 7.85. The van der Waals surface area contributed by atoms with Crippen molar-refractivity contribution in [1.82, 2.24) is 10.3 Å². The molecule has 0 spiro atoms. The molecule has 1 aliphatic heterocycles. The fraction of sp³-hybridized carbons (Fsp3) is 0.250. The fourth-order valence-electron chi connectivity index (χ4n) is 2.74. The molecule has 0 fully saturated rings. The average molecular weight is 345 g/mol. The van der Waals surface area contributed by atoms with Crippen molar-refractivity contribution in [3.63, 3.8) is 0 Å². The number of anilines is 1. The molecule has 23 heavy (non-hydrogen) atoms. The molecule has 5 nitrogen and oxygen atoms in total. The highest BCUT2D eigenvalue weighted by molar-refractivity contribution is 7.29. The van der Waals surface area contributed by atoms with Crippen LogP contribution in [-0.2, 0) is 6.42 Å². The largest absolute Gasteiger partial charge is 0.491 e. The van der Waals surface area contributed by atoms with Crippen LogP contribution >= 0.6 is 22.7 Å². The van der Waals surface area contributed by atoms with Crippen LogP contribution < -0.4 is 15.8 Å². The van der Waals surface area contributed by atoms with Crippen LogP contribution in [0.3, 0.4) is 0 Å². The van der Waals surface area contributed by atoms with Gasteiger partial charge in [0.25, 0.3) is 5.91 Å². The van der Waals surface area contributed by atoms with E-state index in [4.69, 9.17) is 10.5 Å². The second kappa shape index (κ2) is 5.50. The lowest BCUT2D eigenvalue weighted by molar-refractivity contribution is 0.0920. The summed E-state index contributed by atoms with van der Waals surface area (Å²) in [5.74, 6) is 0.747. The lowest BCUT2D eigenvalue weighted by atomic mass is 10.0. The summed E-state index contributed by atoms with van der Waals surface area (Å²) in [4.78, 5) is 18.3. The van der Waals surface area contributed by atoms with E-state index in [9.17, 15) is 4.79 Å². The zero-order valence-corrected chi connectivity index (χ0v) is 14.1. The quantitative estimate of drug-likeness (QED) is 0.748. The third kappa shape index (κ3) is 2.55. The van der Waals surface area contributed by atoms with Crippen LogP contribution in [0.25, 0.3) is 9.53 Å². The number of hydrogen-bond acceptors (Lipinski definition) is 6. The summed E-state index contributed by atoms with van der Waals surface area (Å²) in [5, 5.41) is 3.99. The number of fused-ring (bicyclic) bond motifs is 2. The van der Waals surface area contributed by atoms with E-state index in [2.05, 4.69) is 10.3 Å². The van der Waals surface area contributed by atoms with Gasteiger partial charge in [0, 0.05) is 0 Å². The Morgan fingerprint density at radius 1 is 1.39 bits per heavy atom. The van der Waals surface area contributed by atoms with Crippen LogP contribution in [0, 0.1) is 6.92 Å². The Labute approximate surface area is 141 Å². The maximum atomic E-state index is 12.5. The third-order valence-corrected chi connectivity index (χ3v) is 6.04. The number of carbonyl (C=O) groups is 1. The summed E-state index contributed by atoms with van der Waals surface area (Å²) in [6.07, 6.45) is 0.763. The van der Waals surface area contributed by atoms with E-state index in [-0.39, 0.29) is 11.9 Å². The zero-order chi connectivity index (χ0) is 16.0. The number of nitrogens with two attached hydrogens (primary N) is 1. The number of nitrogens with zero attached hydrogens (tertiary/aromatic N) is 1. The number of nitrogen functional groups attached to an aromatic ring is 1. The Kier molecular flexibility index (Phi) is 3.46. The van der Waals surface area contributed by atoms with Crippen LogP contribution in [0.4, 0.5) is 5.69 Å². The van der Waals surface area contributed by atoms with E-state index in [1.807, 2.05) is 31.2 Å². The number of ether oxygens (including phenoxy) is 1. The number of hydrogen-bond donors (Lipinski definition) is 2. The molecular weight excluding hydrogens is 330 g/mol. The number of rotatable bonds is 2. The molecule has 1 aromatic carbocycles. The van der Waals surface area contributed by atoms with Crippen molar-refractivity contribution in [2.24, 2.45) is 0 Å². The predicted molar refractivity (Wildman–Crippen MR) is 93.5 cm³/mol. The lowest BCUT2D eigenvalue weighted by Crippen LogP contribution is -2.42. The molecule has 1 aliphatic rings. The third-order valence-electron chi connectivity index (χ3n) is 3.81. The molecule has 0 aliphatic carbocycles. The summed E-state index contributed by atoms with van der Waals surface area (Å²) in [6.45, 7) is 2.41. The molecule has 7 heteroatoms. The first kappa shape index (κ1) is 14.5. The van der Waals surface area contributed by atoms with Crippen LogP contribution in [0.2, 0.25) is 0 Å². The molecule has 1 atom stereocenters. The van der Waals surface area contributed by atoms with Crippen molar-refractivity contribution in [2.75, 3.05) is 12.3 Å². The van der Waals surface area contributed by atoms with Gasteiger partial charge in [0.15, 0.2) is 0 Å². The minimum Gasteiger partial charge on any atom is -0.491 e. The molecule has 3 aromatic rings. The number of para-hydroxylation sites is 1. The molecule has 3 heterocycles. The van der Waals surface area contributed by atoms with Gasteiger partial charge in [0.1, 0.15) is 22.1 Å². The number of nitrogens with one attached hydrogen (secondary N) is 1. The lowest BCUT2D eigenvalue weighted by Gasteiger charge is -2.25. The number of carbonyl (C=O) groups excluding carboxylic acids is 1. The van der Waals surface area contributed by atoms with Gasteiger partial charge in [-0.15, -0.1) is 22.7 Å². The normalized spacial score (nSPS) is 16.8. The molecule has 3 N–H and O–H groups in total. The molecule has 0 unspecified atom stereocenters. The van der Waals surface area contributed by atoms with E-state index in [1.54, 1.807) is 0 Å². The number of aromatic nitrogens is 1. The minimum atomic E-state index is -0.150.